The molecule has 1 fully saturated rings. The molecule has 7 heteroatoms. The first-order valence-corrected chi connectivity index (χ1v) is 7.92. The molecule has 2 N–H and O–H groups in total. The summed E-state index contributed by atoms with van der Waals surface area (Å²) in [5.74, 6) is -2.50. The smallest absolute Gasteiger partial charge is 0.307 e. The first-order chi connectivity index (χ1) is 12.0. The van der Waals surface area contributed by atoms with Gasteiger partial charge in [0.15, 0.2) is 11.6 Å². The Balaban J connectivity index is 1.60. The second kappa shape index (κ2) is 7.29. The second-order valence-corrected chi connectivity index (χ2v) is 5.88. The van der Waals surface area contributed by atoms with Gasteiger partial charge in [-0.3, -0.25) is 9.59 Å². The van der Waals surface area contributed by atoms with E-state index in [0.29, 0.717) is 12.8 Å². The molecule has 1 aromatic carbocycles. The van der Waals surface area contributed by atoms with Crippen molar-refractivity contribution in [2.24, 2.45) is 11.8 Å². The number of benzene rings is 1. The highest BCUT2D eigenvalue weighted by molar-refractivity contribution is 5.86. The minimum atomic E-state index is -0.934. The molecule has 1 aliphatic carbocycles. The number of nitrogens with one attached hydrogen (secondary N) is 1. The van der Waals surface area contributed by atoms with Crippen LogP contribution in [0.15, 0.2) is 42.6 Å². The number of carbonyl (C=O) groups is 2. The van der Waals surface area contributed by atoms with Crippen LogP contribution < -0.4 is 10.1 Å². The van der Waals surface area contributed by atoms with Crippen molar-refractivity contribution in [3.63, 3.8) is 0 Å². The van der Waals surface area contributed by atoms with E-state index < -0.39 is 23.6 Å². The molecule has 3 rings (SSSR count). The SMILES string of the molecule is O=C(NCc1ccnc(Oc2ccccc2F)c1)[C@H]1CC[C@H]1C(=O)O. The summed E-state index contributed by atoms with van der Waals surface area (Å²) in [5, 5.41) is 11.7. The molecule has 1 amide bonds. The van der Waals surface area contributed by atoms with Crippen LogP contribution in [0.5, 0.6) is 11.6 Å². The van der Waals surface area contributed by atoms with Crippen molar-refractivity contribution in [2.45, 2.75) is 19.4 Å². The summed E-state index contributed by atoms with van der Waals surface area (Å²) in [7, 11) is 0. The quantitative estimate of drug-likeness (QED) is 0.841. The van der Waals surface area contributed by atoms with Crippen molar-refractivity contribution < 1.29 is 23.8 Å². The number of ether oxygens (including phenoxy) is 1. The van der Waals surface area contributed by atoms with Crippen LogP contribution in [-0.2, 0) is 16.1 Å². The Hall–Kier alpha value is -2.96. The van der Waals surface area contributed by atoms with E-state index in [1.165, 1.54) is 18.3 Å². The van der Waals surface area contributed by atoms with Gasteiger partial charge in [-0.1, -0.05) is 12.1 Å². The average molecular weight is 344 g/mol. The number of hydrogen-bond acceptors (Lipinski definition) is 4. The number of rotatable bonds is 6. The van der Waals surface area contributed by atoms with Crippen LogP contribution in [0.4, 0.5) is 4.39 Å². The van der Waals surface area contributed by atoms with E-state index in [0.717, 1.165) is 5.56 Å². The van der Waals surface area contributed by atoms with Gasteiger partial charge in [-0.2, -0.15) is 0 Å². The number of aliphatic carboxylic acids is 1. The van der Waals surface area contributed by atoms with Crippen molar-refractivity contribution >= 4 is 11.9 Å². The van der Waals surface area contributed by atoms with Gasteiger partial charge in [-0.15, -0.1) is 0 Å². The van der Waals surface area contributed by atoms with Crippen LogP contribution in [0.3, 0.4) is 0 Å². The number of pyridine rings is 1. The summed E-state index contributed by atoms with van der Waals surface area (Å²) in [6.45, 7) is 0.220. The first-order valence-electron chi connectivity index (χ1n) is 7.92. The average Bonchev–Trinajstić information content (AvgIpc) is 2.54. The summed E-state index contributed by atoms with van der Waals surface area (Å²) in [4.78, 5) is 27.1. The van der Waals surface area contributed by atoms with Gasteiger partial charge in [0.05, 0.1) is 11.8 Å². The molecule has 0 saturated heterocycles. The molecule has 130 valence electrons. The Bertz CT molecular complexity index is 796. The Morgan fingerprint density at radius 2 is 2.00 bits per heavy atom. The van der Waals surface area contributed by atoms with Crippen LogP contribution in [0.1, 0.15) is 18.4 Å². The zero-order chi connectivity index (χ0) is 17.8. The number of carbonyl (C=O) groups excluding carboxylic acids is 1. The van der Waals surface area contributed by atoms with Gasteiger partial charge in [0.2, 0.25) is 11.8 Å². The maximum absolute atomic E-state index is 13.6. The van der Waals surface area contributed by atoms with E-state index in [4.69, 9.17) is 9.84 Å². The Labute approximate surface area is 143 Å². The van der Waals surface area contributed by atoms with E-state index in [9.17, 15) is 14.0 Å². The topological polar surface area (TPSA) is 88.5 Å². The van der Waals surface area contributed by atoms with Crippen LogP contribution in [-0.4, -0.2) is 22.0 Å². The number of nitrogens with zero attached hydrogens (tertiary/aromatic N) is 1. The molecule has 1 saturated carbocycles. The van der Waals surface area contributed by atoms with Crippen LogP contribution >= 0.6 is 0 Å². The van der Waals surface area contributed by atoms with E-state index in [2.05, 4.69) is 10.3 Å². The van der Waals surface area contributed by atoms with Crippen molar-refractivity contribution in [1.29, 1.82) is 0 Å². The summed E-state index contributed by atoms with van der Waals surface area (Å²) < 4.78 is 19.0. The summed E-state index contributed by atoms with van der Waals surface area (Å²) in [6.07, 6.45) is 2.62. The van der Waals surface area contributed by atoms with Gasteiger partial charge in [0.25, 0.3) is 0 Å². The normalized spacial score (nSPS) is 18.9. The third-order valence-corrected chi connectivity index (χ3v) is 4.25. The van der Waals surface area contributed by atoms with E-state index >= 15 is 0 Å². The lowest BCUT2D eigenvalue weighted by molar-refractivity contribution is -0.152. The van der Waals surface area contributed by atoms with Crippen LogP contribution in [0.25, 0.3) is 0 Å². The van der Waals surface area contributed by atoms with Gasteiger partial charge in [0.1, 0.15) is 0 Å². The maximum Gasteiger partial charge on any atom is 0.307 e. The first kappa shape index (κ1) is 16.9. The standard InChI is InChI=1S/C18H17FN2O4/c19-14-3-1-2-4-15(14)25-16-9-11(7-8-20-16)10-21-17(22)12-5-6-13(12)18(23)24/h1-4,7-9,12-13H,5-6,10H2,(H,21,22)(H,23,24)/t12-,13+/m0/s1. The van der Waals surface area contributed by atoms with Gasteiger partial charge in [-0.25, -0.2) is 9.37 Å². The lowest BCUT2D eigenvalue weighted by Crippen LogP contribution is -2.43. The minimum Gasteiger partial charge on any atom is -0.481 e. The summed E-state index contributed by atoms with van der Waals surface area (Å²) in [6, 6.07) is 9.30. The van der Waals surface area contributed by atoms with Crippen LogP contribution in [0, 0.1) is 17.7 Å². The number of carboxylic acids is 1. The Morgan fingerprint density at radius 3 is 2.68 bits per heavy atom. The third kappa shape index (κ3) is 3.93. The molecule has 0 aliphatic heterocycles. The lowest BCUT2D eigenvalue weighted by Gasteiger charge is -2.31. The Kier molecular flexibility index (Phi) is 4.92. The van der Waals surface area contributed by atoms with Gasteiger partial charge < -0.3 is 15.2 Å². The fraction of sp³-hybridized carbons (Fsp3) is 0.278. The monoisotopic (exact) mass is 344 g/mol. The van der Waals surface area contributed by atoms with E-state index in [-0.39, 0.29) is 24.1 Å². The third-order valence-electron chi connectivity index (χ3n) is 4.25. The number of carboxylic acid groups (broad SMARTS) is 1. The highest BCUT2D eigenvalue weighted by Gasteiger charge is 2.41. The molecular weight excluding hydrogens is 327 g/mol. The summed E-state index contributed by atoms with van der Waals surface area (Å²) >= 11 is 0. The predicted octanol–water partition coefficient (Wildman–Crippen LogP) is 2.74. The van der Waals surface area contributed by atoms with Gasteiger partial charge in [-0.05, 0) is 36.6 Å². The molecule has 1 aliphatic rings. The highest BCUT2D eigenvalue weighted by atomic mass is 19.1. The number of aromatic nitrogens is 1. The zero-order valence-corrected chi connectivity index (χ0v) is 13.3. The molecule has 1 aromatic heterocycles. The molecule has 25 heavy (non-hydrogen) atoms. The molecular formula is C18H17FN2O4. The van der Waals surface area contributed by atoms with Crippen LogP contribution in [0.2, 0.25) is 0 Å². The van der Waals surface area contributed by atoms with Crippen molar-refractivity contribution in [1.82, 2.24) is 10.3 Å². The molecule has 0 unspecified atom stereocenters. The largest absolute Gasteiger partial charge is 0.481 e. The molecule has 2 aromatic rings. The molecule has 0 bridgehead atoms. The van der Waals surface area contributed by atoms with Crippen molar-refractivity contribution in [2.75, 3.05) is 0 Å². The fourth-order valence-corrected chi connectivity index (χ4v) is 2.69. The zero-order valence-electron chi connectivity index (χ0n) is 13.3. The fourth-order valence-electron chi connectivity index (χ4n) is 2.69. The lowest BCUT2D eigenvalue weighted by atomic mass is 9.73. The highest BCUT2D eigenvalue weighted by Crippen LogP contribution is 2.34. The Morgan fingerprint density at radius 1 is 1.24 bits per heavy atom. The molecule has 6 nitrogen and oxygen atoms in total. The predicted molar refractivity (Wildman–Crippen MR) is 86.4 cm³/mol. The van der Waals surface area contributed by atoms with Crippen molar-refractivity contribution in [3.8, 4) is 11.6 Å². The molecule has 0 radical (unpaired) electrons. The van der Waals surface area contributed by atoms with E-state index in [1.807, 2.05) is 0 Å². The number of para-hydroxylation sites is 1. The van der Waals surface area contributed by atoms with E-state index in [1.54, 1.807) is 24.3 Å². The maximum atomic E-state index is 13.6. The van der Waals surface area contributed by atoms with Gasteiger partial charge >= 0.3 is 5.97 Å². The number of amides is 1. The number of hydrogen-bond donors (Lipinski definition) is 2. The molecule has 1 heterocycles. The molecule has 0 spiro atoms. The van der Waals surface area contributed by atoms with Gasteiger partial charge in [0, 0.05) is 18.8 Å². The summed E-state index contributed by atoms with van der Waals surface area (Å²) in [5.41, 5.74) is 0.723. The number of halogens is 1. The minimum absolute atomic E-state index is 0.0648. The second-order valence-electron chi connectivity index (χ2n) is 5.88. The van der Waals surface area contributed by atoms with Crippen molar-refractivity contribution in [3.05, 3.63) is 54.0 Å². The molecule has 2 atom stereocenters.